The summed E-state index contributed by atoms with van der Waals surface area (Å²) in [6, 6.07) is 1.99. The van der Waals surface area contributed by atoms with E-state index in [4.69, 9.17) is 4.74 Å². The summed E-state index contributed by atoms with van der Waals surface area (Å²) in [5.74, 6) is 3.40. The van der Waals surface area contributed by atoms with Gasteiger partial charge in [-0.25, -0.2) is 9.97 Å². The van der Waals surface area contributed by atoms with Crippen LogP contribution in [0.3, 0.4) is 0 Å². The van der Waals surface area contributed by atoms with Crippen molar-refractivity contribution in [3.05, 3.63) is 11.9 Å². The van der Waals surface area contributed by atoms with Crippen LogP contribution in [0.4, 0.5) is 11.6 Å². The molecule has 0 unspecified atom stereocenters. The van der Waals surface area contributed by atoms with Gasteiger partial charge in [0.2, 0.25) is 0 Å². The maximum atomic E-state index is 5.15. The van der Waals surface area contributed by atoms with Crippen LogP contribution in [-0.4, -0.2) is 30.2 Å². The normalized spacial score (nSPS) is 15.3. The van der Waals surface area contributed by atoms with Gasteiger partial charge in [-0.3, -0.25) is 0 Å². The largest absolute Gasteiger partial charge is 0.377 e. The summed E-state index contributed by atoms with van der Waals surface area (Å²) in [4.78, 5) is 8.97. The molecule has 1 aliphatic carbocycles. The van der Waals surface area contributed by atoms with Crippen LogP contribution in [0.2, 0.25) is 0 Å². The van der Waals surface area contributed by atoms with E-state index in [1.165, 1.54) is 32.1 Å². The molecular formula is C16H28N4O. The van der Waals surface area contributed by atoms with Gasteiger partial charge in [0.1, 0.15) is 18.2 Å². The number of ether oxygens (including phenoxy) is 1. The molecule has 2 N–H and O–H groups in total. The van der Waals surface area contributed by atoms with E-state index in [0.29, 0.717) is 6.61 Å². The van der Waals surface area contributed by atoms with Gasteiger partial charge in [-0.15, -0.1) is 0 Å². The first-order valence-corrected chi connectivity index (χ1v) is 8.16. The average molecular weight is 292 g/mol. The highest BCUT2D eigenvalue weighted by molar-refractivity contribution is 5.47. The van der Waals surface area contributed by atoms with E-state index >= 15 is 0 Å². The Balaban J connectivity index is 1.90. The molecule has 0 aliphatic heterocycles. The summed E-state index contributed by atoms with van der Waals surface area (Å²) in [7, 11) is 1.67. The molecule has 0 bridgehead atoms. The standard InChI is InChI=1S/C16H28N4O/c1-3-9-17-14-11-15(20-16(19-14)12-21-2)18-10-8-13-6-4-5-7-13/h11,13H,3-10,12H2,1-2H3,(H2,17,18,19,20). The van der Waals surface area contributed by atoms with Gasteiger partial charge >= 0.3 is 0 Å². The molecule has 118 valence electrons. The molecule has 0 saturated heterocycles. The first-order valence-electron chi connectivity index (χ1n) is 8.16. The second kappa shape index (κ2) is 8.82. The van der Waals surface area contributed by atoms with Gasteiger partial charge in [-0.1, -0.05) is 32.6 Å². The first-order chi connectivity index (χ1) is 10.3. The molecule has 1 heterocycles. The lowest BCUT2D eigenvalue weighted by Crippen LogP contribution is -2.11. The van der Waals surface area contributed by atoms with E-state index in [2.05, 4.69) is 27.5 Å². The van der Waals surface area contributed by atoms with Crippen LogP contribution < -0.4 is 10.6 Å². The van der Waals surface area contributed by atoms with Crippen molar-refractivity contribution in [2.75, 3.05) is 30.8 Å². The fourth-order valence-electron chi connectivity index (χ4n) is 2.83. The smallest absolute Gasteiger partial charge is 0.158 e. The molecule has 0 amide bonds. The Morgan fingerprint density at radius 1 is 1.14 bits per heavy atom. The molecule has 1 aromatic rings. The number of nitrogens with one attached hydrogen (secondary N) is 2. The van der Waals surface area contributed by atoms with Gasteiger partial charge in [-0.2, -0.15) is 0 Å². The highest BCUT2D eigenvalue weighted by atomic mass is 16.5. The van der Waals surface area contributed by atoms with Crippen LogP contribution in [0.5, 0.6) is 0 Å². The van der Waals surface area contributed by atoms with Crippen molar-refractivity contribution < 1.29 is 4.74 Å². The summed E-state index contributed by atoms with van der Waals surface area (Å²) < 4.78 is 5.15. The zero-order valence-electron chi connectivity index (χ0n) is 13.3. The minimum Gasteiger partial charge on any atom is -0.377 e. The van der Waals surface area contributed by atoms with Crippen molar-refractivity contribution in [1.82, 2.24) is 9.97 Å². The lowest BCUT2D eigenvalue weighted by molar-refractivity contribution is 0.178. The minimum atomic E-state index is 0.443. The predicted molar refractivity (Wildman–Crippen MR) is 86.6 cm³/mol. The molecule has 0 atom stereocenters. The fourth-order valence-corrected chi connectivity index (χ4v) is 2.83. The van der Waals surface area contributed by atoms with Crippen molar-refractivity contribution in [2.24, 2.45) is 5.92 Å². The van der Waals surface area contributed by atoms with Crippen molar-refractivity contribution >= 4 is 11.6 Å². The molecule has 0 spiro atoms. The molecule has 2 rings (SSSR count). The fraction of sp³-hybridized carbons (Fsp3) is 0.750. The highest BCUT2D eigenvalue weighted by Gasteiger charge is 2.14. The topological polar surface area (TPSA) is 59.1 Å². The van der Waals surface area contributed by atoms with Crippen LogP contribution in [0.1, 0.15) is 51.3 Å². The maximum Gasteiger partial charge on any atom is 0.158 e. The zero-order chi connectivity index (χ0) is 14.9. The molecule has 5 heteroatoms. The third-order valence-electron chi connectivity index (χ3n) is 3.94. The monoisotopic (exact) mass is 292 g/mol. The van der Waals surface area contributed by atoms with Gasteiger partial charge in [0.15, 0.2) is 5.82 Å². The van der Waals surface area contributed by atoms with Gasteiger partial charge < -0.3 is 15.4 Å². The third kappa shape index (κ3) is 5.50. The van der Waals surface area contributed by atoms with Crippen molar-refractivity contribution in [1.29, 1.82) is 0 Å². The van der Waals surface area contributed by atoms with E-state index in [1.54, 1.807) is 7.11 Å². The molecule has 1 fully saturated rings. The Morgan fingerprint density at radius 3 is 2.43 bits per heavy atom. The van der Waals surface area contributed by atoms with Crippen LogP contribution in [-0.2, 0) is 11.3 Å². The molecule has 1 aromatic heterocycles. The van der Waals surface area contributed by atoms with E-state index < -0.39 is 0 Å². The Kier molecular flexibility index (Phi) is 6.73. The molecular weight excluding hydrogens is 264 g/mol. The number of anilines is 2. The molecule has 0 radical (unpaired) electrons. The Bertz CT molecular complexity index is 419. The number of hydrogen-bond acceptors (Lipinski definition) is 5. The Labute approximate surface area is 127 Å². The first kappa shape index (κ1) is 16.0. The van der Waals surface area contributed by atoms with Crippen LogP contribution in [0.25, 0.3) is 0 Å². The molecule has 21 heavy (non-hydrogen) atoms. The summed E-state index contributed by atoms with van der Waals surface area (Å²) in [5, 5.41) is 6.76. The van der Waals surface area contributed by atoms with E-state index in [-0.39, 0.29) is 0 Å². The van der Waals surface area contributed by atoms with Crippen molar-refractivity contribution in [2.45, 2.75) is 52.1 Å². The molecule has 0 aromatic carbocycles. The van der Waals surface area contributed by atoms with Crippen molar-refractivity contribution in [3.63, 3.8) is 0 Å². The Morgan fingerprint density at radius 2 is 1.81 bits per heavy atom. The molecule has 5 nitrogen and oxygen atoms in total. The van der Waals surface area contributed by atoms with E-state index in [1.807, 2.05) is 6.07 Å². The summed E-state index contributed by atoms with van der Waals surface area (Å²) in [6.07, 6.45) is 7.91. The molecule has 1 saturated carbocycles. The second-order valence-electron chi connectivity index (χ2n) is 5.78. The van der Waals surface area contributed by atoms with Gasteiger partial charge in [0.05, 0.1) is 0 Å². The number of hydrogen-bond donors (Lipinski definition) is 2. The predicted octanol–water partition coefficient (Wildman–Crippen LogP) is 3.44. The van der Waals surface area contributed by atoms with Crippen LogP contribution in [0, 0.1) is 5.92 Å². The average Bonchev–Trinajstić information content (AvgIpc) is 2.99. The lowest BCUT2D eigenvalue weighted by Gasteiger charge is -2.12. The van der Waals surface area contributed by atoms with Crippen LogP contribution >= 0.6 is 0 Å². The SMILES string of the molecule is CCCNc1cc(NCCC2CCCC2)nc(COC)n1. The summed E-state index contributed by atoms with van der Waals surface area (Å²) >= 11 is 0. The van der Waals surface area contributed by atoms with Gasteiger partial charge in [-0.05, 0) is 18.8 Å². The lowest BCUT2D eigenvalue weighted by atomic mass is 10.0. The number of rotatable bonds is 9. The number of nitrogens with zero attached hydrogens (tertiary/aromatic N) is 2. The number of aromatic nitrogens is 2. The molecule has 1 aliphatic rings. The zero-order valence-corrected chi connectivity index (χ0v) is 13.3. The summed E-state index contributed by atoms with van der Waals surface area (Å²) in [6.45, 7) is 4.50. The number of methoxy groups -OCH3 is 1. The highest BCUT2D eigenvalue weighted by Crippen LogP contribution is 2.27. The van der Waals surface area contributed by atoms with Gasteiger partial charge in [0, 0.05) is 26.3 Å². The van der Waals surface area contributed by atoms with Gasteiger partial charge in [0.25, 0.3) is 0 Å². The van der Waals surface area contributed by atoms with Crippen molar-refractivity contribution in [3.8, 4) is 0 Å². The summed E-state index contributed by atoms with van der Waals surface area (Å²) in [5.41, 5.74) is 0. The minimum absolute atomic E-state index is 0.443. The third-order valence-corrected chi connectivity index (χ3v) is 3.94. The second-order valence-corrected chi connectivity index (χ2v) is 5.78. The maximum absolute atomic E-state index is 5.15. The van der Waals surface area contributed by atoms with Crippen LogP contribution in [0.15, 0.2) is 6.07 Å². The Hall–Kier alpha value is -1.36. The van der Waals surface area contributed by atoms with E-state index in [0.717, 1.165) is 42.9 Å². The quantitative estimate of drug-likeness (QED) is 0.730. The van der Waals surface area contributed by atoms with E-state index in [9.17, 15) is 0 Å².